The van der Waals surface area contributed by atoms with Crippen LogP contribution in [0, 0.1) is 0 Å². The Bertz CT molecular complexity index is 997. The van der Waals surface area contributed by atoms with E-state index in [-0.39, 0.29) is 5.82 Å². The maximum atomic E-state index is 12.4. The van der Waals surface area contributed by atoms with Gasteiger partial charge in [-0.25, -0.2) is 15.1 Å². The lowest BCUT2D eigenvalue weighted by Gasteiger charge is -2.05. The molecule has 2 aromatic carbocycles. The standard InChI is InChI=1S/C20H15N5O2/c26-20(23-21-14-17-12-7-13-27-17)18-22-19(15-8-3-1-4-9-15)25(24-18)16-10-5-2-6-11-16/h1-14H,(H,23,26). The molecule has 1 amide bonds. The average Bonchev–Trinajstić information content (AvgIpc) is 3.39. The Balaban J connectivity index is 1.66. The van der Waals surface area contributed by atoms with Crippen LogP contribution in [-0.4, -0.2) is 26.9 Å². The summed E-state index contributed by atoms with van der Waals surface area (Å²) in [5.41, 5.74) is 4.07. The highest BCUT2D eigenvalue weighted by atomic mass is 16.3. The van der Waals surface area contributed by atoms with Crippen molar-refractivity contribution in [1.29, 1.82) is 0 Å². The van der Waals surface area contributed by atoms with Crippen LogP contribution in [0.4, 0.5) is 0 Å². The van der Waals surface area contributed by atoms with Crippen LogP contribution in [-0.2, 0) is 0 Å². The molecule has 7 nitrogen and oxygen atoms in total. The van der Waals surface area contributed by atoms with Gasteiger partial charge in [-0.2, -0.15) is 5.10 Å². The van der Waals surface area contributed by atoms with Crippen molar-refractivity contribution in [2.75, 3.05) is 0 Å². The van der Waals surface area contributed by atoms with Gasteiger partial charge in [-0.15, -0.1) is 5.10 Å². The van der Waals surface area contributed by atoms with Gasteiger partial charge in [-0.05, 0) is 24.3 Å². The number of para-hydroxylation sites is 1. The predicted molar refractivity (Wildman–Crippen MR) is 101 cm³/mol. The highest BCUT2D eigenvalue weighted by molar-refractivity contribution is 5.91. The van der Waals surface area contributed by atoms with Gasteiger partial charge in [0.05, 0.1) is 18.2 Å². The lowest BCUT2D eigenvalue weighted by atomic mass is 10.2. The highest BCUT2D eigenvalue weighted by Gasteiger charge is 2.18. The van der Waals surface area contributed by atoms with Crippen LogP contribution < -0.4 is 5.43 Å². The number of carbonyl (C=O) groups excluding carboxylic acids is 1. The summed E-state index contributed by atoms with van der Waals surface area (Å²) < 4.78 is 6.76. The van der Waals surface area contributed by atoms with E-state index in [1.54, 1.807) is 16.8 Å². The van der Waals surface area contributed by atoms with Crippen molar-refractivity contribution < 1.29 is 9.21 Å². The maximum absolute atomic E-state index is 12.4. The second-order valence-electron chi connectivity index (χ2n) is 5.59. The minimum Gasteiger partial charge on any atom is -0.463 e. The third-order valence-corrected chi connectivity index (χ3v) is 3.74. The zero-order chi connectivity index (χ0) is 18.5. The molecule has 27 heavy (non-hydrogen) atoms. The molecule has 0 unspecified atom stereocenters. The molecule has 0 aliphatic carbocycles. The van der Waals surface area contributed by atoms with E-state index in [0.29, 0.717) is 11.6 Å². The second kappa shape index (κ2) is 7.49. The van der Waals surface area contributed by atoms with Gasteiger partial charge in [0.1, 0.15) is 5.76 Å². The van der Waals surface area contributed by atoms with Crippen molar-refractivity contribution in [2.45, 2.75) is 0 Å². The van der Waals surface area contributed by atoms with Crippen molar-refractivity contribution >= 4 is 12.1 Å². The van der Waals surface area contributed by atoms with Gasteiger partial charge in [0.15, 0.2) is 5.82 Å². The number of hydrazone groups is 1. The molecule has 0 spiro atoms. The summed E-state index contributed by atoms with van der Waals surface area (Å²) in [7, 11) is 0. The quantitative estimate of drug-likeness (QED) is 0.439. The number of aromatic nitrogens is 3. The number of nitrogens with one attached hydrogen (secondary N) is 1. The Morgan fingerprint density at radius 1 is 1.00 bits per heavy atom. The fourth-order valence-electron chi connectivity index (χ4n) is 2.50. The van der Waals surface area contributed by atoms with Crippen LogP contribution in [0.2, 0.25) is 0 Å². The molecule has 0 aliphatic heterocycles. The van der Waals surface area contributed by atoms with E-state index in [2.05, 4.69) is 20.6 Å². The van der Waals surface area contributed by atoms with Crippen molar-refractivity contribution in [1.82, 2.24) is 20.2 Å². The summed E-state index contributed by atoms with van der Waals surface area (Å²) in [5.74, 6) is 0.615. The molecule has 7 heteroatoms. The average molecular weight is 357 g/mol. The number of hydrogen-bond donors (Lipinski definition) is 1. The Hall–Kier alpha value is -4.00. The smallest absolute Gasteiger partial charge is 0.311 e. The summed E-state index contributed by atoms with van der Waals surface area (Å²) in [4.78, 5) is 16.8. The van der Waals surface area contributed by atoms with E-state index < -0.39 is 5.91 Å². The first kappa shape index (κ1) is 16.5. The minimum atomic E-state index is -0.510. The van der Waals surface area contributed by atoms with Crippen LogP contribution in [0.25, 0.3) is 17.1 Å². The zero-order valence-corrected chi connectivity index (χ0v) is 14.2. The molecule has 2 heterocycles. The number of benzene rings is 2. The van der Waals surface area contributed by atoms with E-state index in [0.717, 1.165) is 11.3 Å². The van der Waals surface area contributed by atoms with E-state index in [9.17, 15) is 4.79 Å². The largest absolute Gasteiger partial charge is 0.463 e. The molecular weight excluding hydrogens is 342 g/mol. The lowest BCUT2D eigenvalue weighted by Crippen LogP contribution is -2.19. The molecule has 0 fully saturated rings. The number of rotatable bonds is 5. The van der Waals surface area contributed by atoms with Crippen molar-refractivity contribution in [2.24, 2.45) is 5.10 Å². The number of amides is 1. The molecule has 0 saturated carbocycles. The van der Waals surface area contributed by atoms with Gasteiger partial charge in [0, 0.05) is 5.56 Å². The maximum Gasteiger partial charge on any atom is 0.311 e. The molecule has 4 aromatic rings. The first-order valence-corrected chi connectivity index (χ1v) is 8.26. The molecule has 4 rings (SSSR count). The van der Waals surface area contributed by atoms with Crippen LogP contribution >= 0.6 is 0 Å². The van der Waals surface area contributed by atoms with Gasteiger partial charge >= 0.3 is 5.91 Å². The summed E-state index contributed by atoms with van der Waals surface area (Å²) in [6, 6.07) is 22.6. The number of furan rings is 1. The topological polar surface area (TPSA) is 85.3 Å². The van der Waals surface area contributed by atoms with E-state index in [1.165, 1.54) is 12.5 Å². The molecule has 0 atom stereocenters. The summed E-state index contributed by atoms with van der Waals surface area (Å²) in [6.07, 6.45) is 2.93. The fourth-order valence-corrected chi connectivity index (χ4v) is 2.50. The van der Waals surface area contributed by atoms with Gasteiger partial charge in [-0.1, -0.05) is 48.5 Å². The number of carbonyl (C=O) groups is 1. The van der Waals surface area contributed by atoms with E-state index >= 15 is 0 Å². The van der Waals surface area contributed by atoms with Crippen molar-refractivity contribution in [3.8, 4) is 17.1 Å². The van der Waals surface area contributed by atoms with Crippen molar-refractivity contribution in [3.05, 3.63) is 90.6 Å². The highest BCUT2D eigenvalue weighted by Crippen LogP contribution is 2.20. The molecule has 0 aliphatic rings. The van der Waals surface area contributed by atoms with Crippen LogP contribution in [0.15, 0.2) is 88.6 Å². The Labute approximate surface area is 155 Å². The van der Waals surface area contributed by atoms with Gasteiger partial charge in [0.25, 0.3) is 0 Å². The monoisotopic (exact) mass is 357 g/mol. The molecule has 132 valence electrons. The molecular formula is C20H15N5O2. The number of hydrogen-bond acceptors (Lipinski definition) is 5. The van der Waals surface area contributed by atoms with E-state index in [4.69, 9.17) is 4.42 Å². The van der Waals surface area contributed by atoms with Crippen molar-refractivity contribution in [3.63, 3.8) is 0 Å². The number of nitrogens with zero attached hydrogens (tertiary/aromatic N) is 4. The summed E-state index contributed by atoms with van der Waals surface area (Å²) >= 11 is 0. The third kappa shape index (κ3) is 3.67. The molecule has 0 radical (unpaired) electrons. The minimum absolute atomic E-state index is 0.0225. The van der Waals surface area contributed by atoms with Crippen LogP contribution in [0.1, 0.15) is 16.4 Å². The van der Waals surface area contributed by atoms with Gasteiger partial charge < -0.3 is 4.42 Å². The SMILES string of the molecule is O=C(NN=Cc1ccco1)c1nc(-c2ccccc2)n(-c2ccccc2)n1. The normalized spacial score (nSPS) is 11.0. The lowest BCUT2D eigenvalue weighted by molar-refractivity contribution is 0.0945. The van der Waals surface area contributed by atoms with Crippen LogP contribution in [0.5, 0.6) is 0 Å². The van der Waals surface area contributed by atoms with Gasteiger partial charge in [0.2, 0.25) is 5.82 Å². The Morgan fingerprint density at radius 2 is 1.74 bits per heavy atom. The zero-order valence-electron chi connectivity index (χ0n) is 14.2. The Kier molecular flexibility index (Phi) is 4.57. The predicted octanol–water partition coefficient (Wildman–Crippen LogP) is 3.29. The molecule has 0 saturated heterocycles. The van der Waals surface area contributed by atoms with E-state index in [1.807, 2.05) is 60.7 Å². The second-order valence-corrected chi connectivity index (χ2v) is 5.59. The summed E-state index contributed by atoms with van der Waals surface area (Å²) in [6.45, 7) is 0. The Morgan fingerprint density at radius 3 is 2.44 bits per heavy atom. The van der Waals surface area contributed by atoms with Gasteiger partial charge in [-0.3, -0.25) is 4.79 Å². The molecule has 1 N–H and O–H groups in total. The molecule has 0 bridgehead atoms. The first-order valence-electron chi connectivity index (χ1n) is 8.26. The third-order valence-electron chi connectivity index (χ3n) is 3.74. The fraction of sp³-hybridized carbons (Fsp3) is 0. The molecule has 2 aromatic heterocycles. The first-order chi connectivity index (χ1) is 13.3. The summed E-state index contributed by atoms with van der Waals surface area (Å²) in [5, 5.41) is 8.24. The van der Waals surface area contributed by atoms with Crippen LogP contribution in [0.3, 0.4) is 0 Å².